The number of hydrogen-bond donors (Lipinski definition) is 3. The molecular formula is C19H29N5O3. The first-order chi connectivity index (χ1) is 13.0. The number of carbonyl (C=O) groups excluding carboxylic acids is 2. The first-order valence-electron chi connectivity index (χ1n) is 9.90. The van der Waals surface area contributed by atoms with Crippen molar-refractivity contribution in [1.82, 2.24) is 25.7 Å². The number of hydrogen-bond acceptors (Lipinski definition) is 5. The molecule has 1 aromatic rings. The Hall–Kier alpha value is -1.93. The van der Waals surface area contributed by atoms with E-state index in [2.05, 4.69) is 21.0 Å². The van der Waals surface area contributed by atoms with Crippen LogP contribution < -0.4 is 16.0 Å². The summed E-state index contributed by atoms with van der Waals surface area (Å²) in [5.41, 5.74) is -1.24. The SMILES string of the molecule is CC(=O)NCC12CC(C(=O)NCCCn3cccn3)(C1)C1(CCNCC1)O2. The minimum atomic E-state index is -0.459. The lowest BCUT2D eigenvalue weighted by molar-refractivity contribution is -0.141. The molecule has 148 valence electrons. The van der Waals surface area contributed by atoms with E-state index < -0.39 is 11.0 Å². The van der Waals surface area contributed by atoms with E-state index in [1.807, 2.05) is 16.9 Å². The maximum Gasteiger partial charge on any atom is 0.229 e. The van der Waals surface area contributed by atoms with Crippen molar-refractivity contribution in [2.45, 2.75) is 56.8 Å². The molecule has 8 heteroatoms. The molecule has 0 aromatic carbocycles. The predicted molar refractivity (Wildman–Crippen MR) is 98.9 cm³/mol. The molecule has 1 aliphatic carbocycles. The van der Waals surface area contributed by atoms with Crippen molar-refractivity contribution >= 4 is 11.8 Å². The number of nitrogens with one attached hydrogen (secondary N) is 3. The topological polar surface area (TPSA) is 97.3 Å². The molecule has 27 heavy (non-hydrogen) atoms. The number of rotatable bonds is 7. The second-order valence-corrected chi connectivity index (χ2v) is 8.25. The van der Waals surface area contributed by atoms with E-state index in [4.69, 9.17) is 4.74 Å². The third-order valence-corrected chi connectivity index (χ3v) is 6.45. The summed E-state index contributed by atoms with van der Waals surface area (Å²) >= 11 is 0. The Morgan fingerprint density at radius 2 is 2.04 bits per heavy atom. The maximum atomic E-state index is 13.2. The van der Waals surface area contributed by atoms with Gasteiger partial charge in [-0.25, -0.2) is 0 Å². The molecule has 0 atom stereocenters. The predicted octanol–water partition coefficient (Wildman–Crippen LogP) is 0.197. The summed E-state index contributed by atoms with van der Waals surface area (Å²) in [6.45, 7) is 5.16. The van der Waals surface area contributed by atoms with Crippen LogP contribution in [0.3, 0.4) is 0 Å². The summed E-state index contributed by atoms with van der Waals surface area (Å²) in [5.74, 6) is 0.0561. The van der Waals surface area contributed by atoms with Gasteiger partial charge in [0, 0.05) is 39.0 Å². The highest BCUT2D eigenvalue weighted by atomic mass is 16.5. The second kappa shape index (κ2) is 6.91. The van der Waals surface area contributed by atoms with Gasteiger partial charge in [-0.3, -0.25) is 14.3 Å². The van der Waals surface area contributed by atoms with Crippen molar-refractivity contribution in [2.24, 2.45) is 5.41 Å². The van der Waals surface area contributed by atoms with Crippen LogP contribution in [-0.2, 0) is 20.9 Å². The molecule has 5 rings (SSSR count). The van der Waals surface area contributed by atoms with E-state index in [1.165, 1.54) is 6.92 Å². The molecule has 1 saturated carbocycles. The zero-order valence-corrected chi connectivity index (χ0v) is 15.9. The standard InChI is InChI=1S/C19H29N5O3/c1-15(25)22-14-17-12-18(13-17,19(27-17)4-8-20-9-5-19)16(26)21-6-2-10-24-11-3-7-23-24/h3,7,11,20H,2,4-6,8-10,12-14H2,1H3,(H,21,26)(H,22,25). The van der Waals surface area contributed by atoms with Gasteiger partial charge in [-0.2, -0.15) is 5.10 Å². The summed E-state index contributed by atoms with van der Waals surface area (Å²) in [6.07, 6.45) is 7.62. The summed E-state index contributed by atoms with van der Waals surface area (Å²) in [4.78, 5) is 24.5. The van der Waals surface area contributed by atoms with Gasteiger partial charge < -0.3 is 20.7 Å². The van der Waals surface area contributed by atoms with Gasteiger partial charge in [0.1, 0.15) is 0 Å². The fourth-order valence-corrected chi connectivity index (χ4v) is 5.22. The zero-order chi connectivity index (χ0) is 19.0. The van der Waals surface area contributed by atoms with Crippen LogP contribution in [0.25, 0.3) is 0 Å². The van der Waals surface area contributed by atoms with Gasteiger partial charge in [0.25, 0.3) is 0 Å². The Labute approximate surface area is 159 Å². The molecular weight excluding hydrogens is 346 g/mol. The van der Waals surface area contributed by atoms with Crippen LogP contribution in [0.2, 0.25) is 0 Å². The Kier molecular flexibility index (Phi) is 4.71. The van der Waals surface area contributed by atoms with Crippen LogP contribution in [0.15, 0.2) is 18.5 Å². The third kappa shape index (κ3) is 3.14. The molecule has 0 unspecified atom stereocenters. The van der Waals surface area contributed by atoms with E-state index in [1.54, 1.807) is 6.20 Å². The molecule has 8 nitrogen and oxygen atoms in total. The fourth-order valence-electron chi connectivity index (χ4n) is 5.22. The Balaban J connectivity index is 1.39. The summed E-state index contributed by atoms with van der Waals surface area (Å²) in [6, 6.07) is 1.90. The van der Waals surface area contributed by atoms with Crippen molar-refractivity contribution in [3.63, 3.8) is 0 Å². The zero-order valence-electron chi connectivity index (χ0n) is 15.9. The average Bonchev–Trinajstić information content (AvgIpc) is 3.28. The number of nitrogens with zero attached hydrogens (tertiary/aromatic N) is 2. The van der Waals surface area contributed by atoms with Crippen molar-refractivity contribution in [1.29, 1.82) is 0 Å². The first kappa shape index (κ1) is 18.4. The average molecular weight is 375 g/mol. The molecule has 1 aromatic heterocycles. The molecule has 0 radical (unpaired) electrons. The minimum absolute atomic E-state index is 0.0557. The lowest BCUT2D eigenvalue weighted by atomic mass is 9.53. The van der Waals surface area contributed by atoms with Crippen LogP contribution in [-0.4, -0.2) is 59.0 Å². The monoisotopic (exact) mass is 375 g/mol. The van der Waals surface area contributed by atoms with E-state index in [9.17, 15) is 9.59 Å². The van der Waals surface area contributed by atoms with Crippen LogP contribution >= 0.6 is 0 Å². The van der Waals surface area contributed by atoms with E-state index in [0.717, 1.165) is 38.9 Å². The van der Waals surface area contributed by atoms with Crippen LogP contribution in [0, 0.1) is 5.41 Å². The molecule has 1 spiro atoms. The Morgan fingerprint density at radius 1 is 1.26 bits per heavy atom. The van der Waals surface area contributed by atoms with Gasteiger partial charge in [0.15, 0.2) is 0 Å². The summed E-state index contributed by atoms with van der Waals surface area (Å²) in [5, 5.41) is 13.6. The second-order valence-electron chi connectivity index (χ2n) is 8.25. The van der Waals surface area contributed by atoms with Crippen LogP contribution in [0.5, 0.6) is 0 Å². The van der Waals surface area contributed by atoms with E-state index >= 15 is 0 Å². The number of ether oxygens (including phenoxy) is 1. The highest BCUT2D eigenvalue weighted by Crippen LogP contribution is 2.68. The number of aromatic nitrogens is 2. The highest BCUT2D eigenvalue weighted by Gasteiger charge is 2.77. The summed E-state index contributed by atoms with van der Waals surface area (Å²) < 4.78 is 8.44. The van der Waals surface area contributed by atoms with Crippen molar-refractivity contribution in [3.05, 3.63) is 18.5 Å². The van der Waals surface area contributed by atoms with Gasteiger partial charge >= 0.3 is 0 Å². The van der Waals surface area contributed by atoms with Crippen molar-refractivity contribution in [2.75, 3.05) is 26.2 Å². The van der Waals surface area contributed by atoms with E-state index in [0.29, 0.717) is 25.9 Å². The van der Waals surface area contributed by atoms with Gasteiger partial charge in [-0.15, -0.1) is 0 Å². The van der Waals surface area contributed by atoms with Gasteiger partial charge in [0.2, 0.25) is 11.8 Å². The third-order valence-electron chi connectivity index (χ3n) is 6.45. The quantitative estimate of drug-likeness (QED) is 0.592. The summed E-state index contributed by atoms with van der Waals surface area (Å²) in [7, 11) is 0. The molecule has 3 saturated heterocycles. The number of carbonyl (C=O) groups is 2. The lowest BCUT2D eigenvalue weighted by Gasteiger charge is -2.48. The first-order valence-corrected chi connectivity index (χ1v) is 9.90. The molecule has 4 fully saturated rings. The van der Waals surface area contributed by atoms with Crippen LogP contribution in [0.4, 0.5) is 0 Å². The van der Waals surface area contributed by atoms with E-state index in [-0.39, 0.29) is 17.4 Å². The highest BCUT2D eigenvalue weighted by molar-refractivity contribution is 5.87. The van der Waals surface area contributed by atoms with Gasteiger partial charge in [-0.1, -0.05) is 0 Å². The Bertz CT molecular complexity index is 690. The van der Waals surface area contributed by atoms with Gasteiger partial charge in [0.05, 0.1) is 16.6 Å². The van der Waals surface area contributed by atoms with Crippen molar-refractivity contribution in [3.8, 4) is 0 Å². The van der Waals surface area contributed by atoms with Crippen molar-refractivity contribution < 1.29 is 14.3 Å². The lowest BCUT2D eigenvalue weighted by Crippen LogP contribution is -2.61. The number of piperidine rings is 1. The fraction of sp³-hybridized carbons (Fsp3) is 0.737. The molecule has 2 bridgehead atoms. The molecule has 3 aliphatic heterocycles. The van der Waals surface area contributed by atoms with Crippen LogP contribution in [0.1, 0.15) is 39.0 Å². The molecule has 2 amide bonds. The number of aryl methyl sites for hydroxylation is 1. The molecule has 4 aliphatic rings. The molecule has 3 N–H and O–H groups in total. The minimum Gasteiger partial charge on any atom is -0.365 e. The normalized spacial score (nSPS) is 30.7. The molecule has 4 heterocycles. The largest absolute Gasteiger partial charge is 0.365 e. The van der Waals surface area contributed by atoms with Gasteiger partial charge in [-0.05, 0) is 51.3 Å². The Morgan fingerprint density at radius 3 is 2.70 bits per heavy atom. The maximum absolute atomic E-state index is 13.2. The number of amides is 2. The smallest absolute Gasteiger partial charge is 0.229 e.